The second-order valence-corrected chi connectivity index (χ2v) is 5.80. The third kappa shape index (κ3) is 7.92. The van der Waals surface area contributed by atoms with Gasteiger partial charge in [-0.05, 0) is 51.9 Å². The monoisotopic (exact) mass is 305 g/mol. The summed E-state index contributed by atoms with van der Waals surface area (Å²) >= 11 is 0. The molecule has 0 saturated heterocycles. The van der Waals surface area contributed by atoms with Crippen LogP contribution in [0.3, 0.4) is 0 Å². The van der Waals surface area contributed by atoms with Crippen molar-refractivity contribution in [2.75, 3.05) is 13.7 Å². The van der Waals surface area contributed by atoms with Crippen molar-refractivity contribution in [3.63, 3.8) is 0 Å². The van der Waals surface area contributed by atoms with Crippen molar-refractivity contribution in [1.29, 1.82) is 0 Å². The highest BCUT2D eigenvalue weighted by Gasteiger charge is 2.30. The van der Waals surface area contributed by atoms with Gasteiger partial charge in [0.25, 0.3) is 0 Å². The fourth-order valence-corrected chi connectivity index (χ4v) is 1.71. The first kappa shape index (κ1) is 17.8. The predicted octanol–water partition coefficient (Wildman–Crippen LogP) is 3.53. The minimum absolute atomic E-state index is 0.0959. The van der Waals surface area contributed by atoms with E-state index in [0.717, 1.165) is 5.56 Å². The fraction of sp³-hybridized carbons (Fsp3) is 0.600. The van der Waals surface area contributed by atoms with Gasteiger partial charge >= 0.3 is 6.36 Å². The Morgan fingerprint density at radius 2 is 1.67 bits per heavy atom. The first-order chi connectivity index (χ1) is 9.59. The molecular formula is C15H22F3NO2. The van der Waals surface area contributed by atoms with Crippen LogP contribution in [0, 0.1) is 0 Å². The van der Waals surface area contributed by atoms with E-state index in [0.29, 0.717) is 13.0 Å². The van der Waals surface area contributed by atoms with E-state index in [9.17, 15) is 13.2 Å². The van der Waals surface area contributed by atoms with Gasteiger partial charge in [-0.15, -0.1) is 13.2 Å². The Morgan fingerprint density at radius 1 is 1.10 bits per heavy atom. The summed E-state index contributed by atoms with van der Waals surface area (Å²) in [5, 5.41) is 3.14. The SMILES string of the molecule is CNC(COC(C)(C)C)Cc1ccc(OC(F)(F)F)cc1. The van der Waals surface area contributed by atoms with Crippen LogP contribution in [0.25, 0.3) is 0 Å². The van der Waals surface area contributed by atoms with Gasteiger partial charge in [0, 0.05) is 6.04 Å². The van der Waals surface area contributed by atoms with Crippen molar-refractivity contribution in [3.05, 3.63) is 29.8 Å². The number of hydrogen-bond donors (Lipinski definition) is 1. The predicted molar refractivity (Wildman–Crippen MR) is 75.4 cm³/mol. The highest BCUT2D eigenvalue weighted by molar-refractivity contribution is 5.28. The van der Waals surface area contributed by atoms with Crippen LogP contribution >= 0.6 is 0 Å². The summed E-state index contributed by atoms with van der Waals surface area (Å²) < 4.78 is 45.8. The number of halogens is 3. The third-order valence-corrected chi connectivity index (χ3v) is 2.76. The van der Waals surface area contributed by atoms with Gasteiger partial charge in [-0.1, -0.05) is 12.1 Å². The van der Waals surface area contributed by atoms with Crippen molar-refractivity contribution in [2.24, 2.45) is 0 Å². The van der Waals surface area contributed by atoms with Crippen LogP contribution in [0.5, 0.6) is 5.75 Å². The van der Waals surface area contributed by atoms with Gasteiger partial charge in [0.15, 0.2) is 0 Å². The van der Waals surface area contributed by atoms with E-state index >= 15 is 0 Å². The van der Waals surface area contributed by atoms with Crippen LogP contribution in [0.2, 0.25) is 0 Å². The second-order valence-electron chi connectivity index (χ2n) is 5.80. The minimum atomic E-state index is -4.66. The number of hydrogen-bond acceptors (Lipinski definition) is 3. The Kier molecular flexibility index (Phi) is 6.04. The molecule has 0 aliphatic heterocycles. The van der Waals surface area contributed by atoms with Gasteiger partial charge in [0.1, 0.15) is 5.75 Å². The van der Waals surface area contributed by atoms with Gasteiger partial charge in [-0.3, -0.25) is 0 Å². The van der Waals surface area contributed by atoms with Gasteiger partial charge in [0.2, 0.25) is 0 Å². The first-order valence-electron chi connectivity index (χ1n) is 6.75. The van der Waals surface area contributed by atoms with Crippen LogP contribution in [0.1, 0.15) is 26.3 Å². The molecule has 0 aromatic heterocycles. The zero-order valence-corrected chi connectivity index (χ0v) is 12.8. The summed E-state index contributed by atoms with van der Waals surface area (Å²) in [6, 6.07) is 5.99. The molecule has 1 atom stereocenters. The Labute approximate surface area is 123 Å². The summed E-state index contributed by atoms with van der Waals surface area (Å²) in [6.45, 7) is 6.45. The molecule has 0 aliphatic carbocycles. The lowest BCUT2D eigenvalue weighted by atomic mass is 10.1. The zero-order valence-electron chi connectivity index (χ0n) is 12.8. The molecule has 0 bridgehead atoms. The van der Waals surface area contributed by atoms with E-state index in [-0.39, 0.29) is 17.4 Å². The molecular weight excluding hydrogens is 283 g/mol. The topological polar surface area (TPSA) is 30.5 Å². The maximum absolute atomic E-state index is 12.1. The van der Waals surface area contributed by atoms with Crippen molar-refractivity contribution >= 4 is 0 Å². The van der Waals surface area contributed by atoms with Crippen molar-refractivity contribution in [1.82, 2.24) is 5.32 Å². The summed E-state index contributed by atoms with van der Waals surface area (Å²) in [5.41, 5.74) is 0.695. The molecule has 0 heterocycles. The Morgan fingerprint density at radius 3 is 2.10 bits per heavy atom. The lowest BCUT2D eigenvalue weighted by Crippen LogP contribution is -2.36. The summed E-state index contributed by atoms with van der Waals surface area (Å²) in [4.78, 5) is 0. The van der Waals surface area contributed by atoms with Gasteiger partial charge < -0.3 is 14.8 Å². The molecule has 1 aromatic carbocycles. The van der Waals surface area contributed by atoms with Crippen LogP contribution in [0.15, 0.2) is 24.3 Å². The van der Waals surface area contributed by atoms with Crippen molar-refractivity contribution in [3.8, 4) is 5.75 Å². The summed E-state index contributed by atoms with van der Waals surface area (Å²) in [5.74, 6) is -0.210. The molecule has 0 amide bonds. The van der Waals surface area contributed by atoms with E-state index in [1.165, 1.54) is 12.1 Å². The standard InChI is InChI=1S/C15H22F3NO2/c1-14(2,3)20-10-12(19-4)9-11-5-7-13(8-6-11)21-15(16,17)18/h5-8,12,19H,9-10H2,1-4H3. The molecule has 1 unspecified atom stereocenters. The smallest absolute Gasteiger partial charge is 0.406 e. The second kappa shape index (κ2) is 7.13. The number of ether oxygens (including phenoxy) is 2. The third-order valence-electron chi connectivity index (χ3n) is 2.76. The van der Waals surface area contributed by atoms with E-state index in [1.807, 2.05) is 27.8 Å². The van der Waals surface area contributed by atoms with Crippen LogP contribution in [-0.4, -0.2) is 31.7 Å². The van der Waals surface area contributed by atoms with Crippen molar-refractivity contribution < 1.29 is 22.6 Å². The lowest BCUT2D eigenvalue weighted by molar-refractivity contribution is -0.274. The largest absolute Gasteiger partial charge is 0.573 e. The lowest BCUT2D eigenvalue weighted by Gasteiger charge is -2.24. The van der Waals surface area contributed by atoms with Crippen LogP contribution in [0.4, 0.5) is 13.2 Å². The number of nitrogens with one attached hydrogen (secondary N) is 1. The average molecular weight is 305 g/mol. The number of rotatable bonds is 6. The molecule has 0 aliphatic rings. The minimum Gasteiger partial charge on any atom is -0.406 e. The zero-order chi connectivity index (χ0) is 16.1. The Bertz CT molecular complexity index is 424. The molecule has 6 heteroatoms. The van der Waals surface area contributed by atoms with E-state index in [4.69, 9.17) is 4.74 Å². The molecule has 1 aromatic rings. The molecule has 0 fully saturated rings. The van der Waals surface area contributed by atoms with E-state index in [2.05, 4.69) is 10.1 Å². The fourth-order valence-electron chi connectivity index (χ4n) is 1.71. The number of benzene rings is 1. The van der Waals surface area contributed by atoms with Crippen LogP contribution < -0.4 is 10.1 Å². The molecule has 3 nitrogen and oxygen atoms in total. The maximum Gasteiger partial charge on any atom is 0.573 e. The summed E-state index contributed by atoms with van der Waals surface area (Å²) in [7, 11) is 1.83. The quantitative estimate of drug-likeness (QED) is 0.872. The average Bonchev–Trinajstić information content (AvgIpc) is 2.33. The molecule has 1 N–H and O–H groups in total. The molecule has 0 saturated carbocycles. The van der Waals surface area contributed by atoms with E-state index in [1.54, 1.807) is 12.1 Å². The highest BCUT2D eigenvalue weighted by Crippen LogP contribution is 2.23. The first-order valence-corrected chi connectivity index (χ1v) is 6.75. The van der Waals surface area contributed by atoms with Crippen LogP contribution in [-0.2, 0) is 11.2 Å². The van der Waals surface area contributed by atoms with Crippen molar-refractivity contribution in [2.45, 2.75) is 45.2 Å². The molecule has 1 rings (SSSR count). The molecule has 120 valence electrons. The number of alkyl halides is 3. The van der Waals surface area contributed by atoms with Gasteiger partial charge in [-0.2, -0.15) is 0 Å². The maximum atomic E-state index is 12.1. The Balaban J connectivity index is 2.57. The molecule has 0 radical (unpaired) electrons. The summed E-state index contributed by atoms with van der Waals surface area (Å²) in [6.07, 6.45) is -3.99. The molecule has 21 heavy (non-hydrogen) atoms. The van der Waals surface area contributed by atoms with E-state index < -0.39 is 6.36 Å². The van der Waals surface area contributed by atoms with Gasteiger partial charge in [0.05, 0.1) is 12.2 Å². The number of likely N-dealkylation sites (N-methyl/N-ethyl adjacent to an activating group) is 1. The Hall–Kier alpha value is -1.27. The molecule has 0 spiro atoms. The highest BCUT2D eigenvalue weighted by atomic mass is 19.4. The normalized spacial score (nSPS) is 14.0. The van der Waals surface area contributed by atoms with Gasteiger partial charge in [-0.25, -0.2) is 0 Å².